The Balaban J connectivity index is 0.000000211. The number of aryl methyl sites for hydroxylation is 1. The van der Waals surface area contributed by atoms with Crippen LogP contribution in [-0.2, 0) is 6.42 Å². The van der Waals surface area contributed by atoms with E-state index in [1.165, 1.54) is 23.1 Å². The molecule has 0 aliphatic rings. The van der Waals surface area contributed by atoms with E-state index < -0.39 is 0 Å². The van der Waals surface area contributed by atoms with Crippen LogP contribution in [0.4, 0.5) is 0 Å². The van der Waals surface area contributed by atoms with Gasteiger partial charge in [-0.05, 0) is 35.2 Å². The van der Waals surface area contributed by atoms with Crippen molar-refractivity contribution in [1.82, 2.24) is 0 Å². The predicted octanol–water partition coefficient (Wildman–Crippen LogP) is 5.70. The normalized spacial score (nSPS) is 9.68. The van der Waals surface area contributed by atoms with Gasteiger partial charge in [0.05, 0.1) is 0 Å². The quantitative estimate of drug-likeness (QED) is 0.656. The number of benzene rings is 3. The Morgan fingerprint density at radius 3 is 1.77 bits per heavy atom. The van der Waals surface area contributed by atoms with E-state index in [-0.39, 0.29) is 0 Å². The van der Waals surface area contributed by atoms with E-state index in [0.717, 1.165) is 6.42 Å². The van der Waals surface area contributed by atoms with Crippen molar-refractivity contribution in [3.05, 3.63) is 90.5 Å². The van der Waals surface area contributed by atoms with E-state index in [2.05, 4.69) is 61.5 Å². The molecule has 0 unspecified atom stereocenters. The molecule has 3 rings (SSSR count). The molecule has 3 aromatic carbocycles. The molecule has 0 fully saturated rings. The van der Waals surface area contributed by atoms with Gasteiger partial charge in [0.1, 0.15) is 5.75 Å². The Morgan fingerprint density at radius 2 is 1.23 bits per heavy atom. The summed E-state index contributed by atoms with van der Waals surface area (Å²) < 4.78 is 0. The lowest BCUT2D eigenvalue weighted by molar-refractivity contribution is 0.475. The van der Waals surface area contributed by atoms with Gasteiger partial charge < -0.3 is 5.11 Å². The summed E-state index contributed by atoms with van der Waals surface area (Å²) in [6, 6.07) is 28.0. The first-order valence-corrected chi connectivity index (χ1v) is 7.68. The van der Waals surface area contributed by atoms with Crippen LogP contribution < -0.4 is 0 Å². The molecule has 0 heterocycles. The van der Waals surface area contributed by atoms with Crippen molar-refractivity contribution < 1.29 is 5.11 Å². The fourth-order valence-corrected chi connectivity index (χ4v) is 2.33. The van der Waals surface area contributed by atoms with Gasteiger partial charge in [-0.15, -0.1) is 0 Å². The van der Waals surface area contributed by atoms with Gasteiger partial charge in [0.2, 0.25) is 0 Å². The lowest BCUT2D eigenvalue weighted by Crippen LogP contribution is -1.88. The largest absolute Gasteiger partial charge is 0.508 e. The highest BCUT2D eigenvalue weighted by atomic mass is 16.3. The minimum absolute atomic E-state index is 0.322. The third-order valence-corrected chi connectivity index (χ3v) is 3.38. The minimum atomic E-state index is 0.322. The molecule has 0 saturated heterocycles. The number of phenolic OH excluding ortho intramolecular Hbond substituents is 1. The topological polar surface area (TPSA) is 20.2 Å². The zero-order valence-corrected chi connectivity index (χ0v) is 12.9. The van der Waals surface area contributed by atoms with E-state index in [1.54, 1.807) is 24.3 Å². The van der Waals surface area contributed by atoms with Gasteiger partial charge in [-0.2, -0.15) is 0 Å². The van der Waals surface area contributed by atoms with Gasteiger partial charge in [0, 0.05) is 0 Å². The van der Waals surface area contributed by atoms with E-state index in [0.29, 0.717) is 5.75 Å². The standard InChI is InChI=1S/C15H16.C6H6O/c1-2-8-13-11-6-7-12-15(13)14-9-4-3-5-10-14;7-6-4-2-1-3-5-6/h3-7,9-12H,2,8H2,1H3;1-5,7H. The molecule has 0 spiro atoms. The molecular formula is C21H22O. The monoisotopic (exact) mass is 290 g/mol. The summed E-state index contributed by atoms with van der Waals surface area (Å²) in [5.41, 5.74) is 4.15. The van der Waals surface area contributed by atoms with Crippen LogP contribution in [0.15, 0.2) is 84.9 Å². The third-order valence-electron chi connectivity index (χ3n) is 3.38. The Labute approximate surface area is 132 Å². The van der Waals surface area contributed by atoms with Gasteiger partial charge in [-0.25, -0.2) is 0 Å². The molecule has 0 aromatic heterocycles. The first kappa shape index (κ1) is 15.8. The molecule has 0 amide bonds. The fraction of sp³-hybridized carbons (Fsp3) is 0.143. The van der Waals surface area contributed by atoms with Crippen LogP contribution in [0.1, 0.15) is 18.9 Å². The van der Waals surface area contributed by atoms with E-state index >= 15 is 0 Å². The molecule has 0 bridgehead atoms. The highest BCUT2D eigenvalue weighted by Crippen LogP contribution is 2.24. The molecular weight excluding hydrogens is 268 g/mol. The summed E-state index contributed by atoms with van der Waals surface area (Å²) >= 11 is 0. The maximum atomic E-state index is 8.63. The maximum absolute atomic E-state index is 8.63. The SMILES string of the molecule is CCCc1ccccc1-c1ccccc1.Oc1ccccc1. The summed E-state index contributed by atoms with van der Waals surface area (Å²) in [6.07, 6.45) is 2.36. The third kappa shape index (κ3) is 4.78. The average Bonchev–Trinajstić information content (AvgIpc) is 2.58. The number of para-hydroxylation sites is 1. The maximum Gasteiger partial charge on any atom is 0.115 e. The highest BCUT2D eigenvalue weighted by Gasteiger charge is 2.02. The van der Waals surface area contributed by atoms with Crippen LogP contribution >= 0.6 is 0 Å². The first-order valence-electron chi connectivity index (χ1n) is 7.68. The van der Waals surface area contributed by atoms with Crippen LogP contribution in [0, 0.1) is 0 Å². The number of phenols is 1. The molecule has 0 saturated carbocycles. The molecule has 1 heteroatoms. The van der Waals surface area contributed by atoms with Crippen LogP contribution in [0.25, 0.3) is 11.1 Å². The van der Waals surface area contributed by atoms with Crippen molar-refractivity contribution >= 4 is 0 Å². The van der Waals surface area contributed by atoms with Crippen molar-refractivity contribution in [3.63, 3.8) is 0 Å². The predicted molar refractivity (Wildman–Crippen MR) is 94.0 cm³/mol. The van der Waals surface area contributed by atoms with E-state index in [4.69, 9.17) is 5.11 Å². The molecule has 1 N–H and O–H groups in total. The Bertz CT molecular complexity index is 660. The Morgan fingerprint density at radius 1 is 0.682 bits per heavy atom. The lowest BCUT2D eigenvalue weighted by atomic mass is 9.97. The summed E-state index contributed by atoms with van der Waals surface area (Å²) in [7, 11) is 0. The van der Waals surface area contributed by atoms with Gasteiger partial charge in [-0.1, -0.05) is 86.1 Å². The molecule has 0 atom stereocenters. The Kier molecular flexibility index (Phi) is 6.25. The van der Waals surface area contributed by atoms with Crippen LogP contribution in [0.5, 0.6) is 5.75 Å². The lowest BCUT2D eigenvalue weighted by Gasteiger charge is -2.08. The molecule has 1 nitrogen and oxygen atoms in total. The molecule has 112 valence electrons. The van der Waals surface area contributed by atoms with Gasteiger partial charge >= 0.3 is 0 Å². The highest BCUT2D eigenvalue weighted by molar-refractivity contribution is 5.67. The average molecular weight is 290 g/mol. The second-order valence-electron chi connectivity index (χ2n) is 5.11. The van der Waals surface area contributed by atoms with Crippen LogP contribution in [-0.4, -0.2) is 5.11 Å². The van der Waals surface area contributed by atoms with Crippen LogP contribution in [0.2, 0.25) is 0 Å². The molecule has 3 aromatic rings. The summed E-state index contributed by atoms with van der Waals surface area (Å²) in [5.74, 6) is 0.322. The van der Waals surface area contributed by atoms with Gasteiger partial charge in [-0.3, -0.25) is 0 Å². The molecule has 0 aliphatic heterocycles. The molecule has 22 heavy (non-hydrogen) atoms. The van der Waals surface area contributed by atoms with Crippen molar-refractivity contribution in [3.8, 4) is 16.9 Å². The fourth-order valence-electron chi connectivity index (χ4n) is 2.33. The second-order valence-corrected chi connectivity index (χ2v) is 5.11. The van der Waals surface area contributed by atoms with Gasteiger partial charge in [0.15, 0.2) is 0 Å². The molecule has 0 aliphatic carbocycles. The summed E-state index contributed by atoms with van der Waals surface area (Å²) in [6.45, 7) is 2.22. The number of rotatable bonds is 3. The summed E-state index contributed by atoms with van der Waals surface area (Å²) in [4.78, 5) is 0. The Hall–Kier alpha value is -2.54. The van der Waals surface area contributed by atoms with Crippen molar-refractivity contribution in [2.45, 2.75) is 19.8 Å². The first-order chi connectivity index (χ1) is 10.8. The number of hydrogen-bond acceptors (Lipinski definition) is 1. The zero-order chi connectivity index (χ0) is 15.6. The van der Waals surface area contributed by atoms with Crippen molar-refractivity contribution in [2.75, 3.05) is 0 Å². The van der Waals surface area contributed by atoms with Gasteiger partial charge in [0.25, 0.3) is 0 Å². The summed E-state index contributed by atoms with van der Waals surface area (Å²) in [5, 5.41) is 8.63. The minimum Gasteiger partial charge on any atom is -0.508 e. The van der Waals surface area contributed by atoms with Crippen molar-refractivity contribution in [1.29, 1.82) is 0 Å². The number of aromatic hydroxyl groups is 1. The molecule has 0 radical (unpaired) electrons. The smallest absolute Gasteiger partial charge is 0.115 e. The zero-order valence-electron chi connectivity index (χ0n) is 12.9. The number of hydrogen-bond donors (Lipinski definition) is 1. The second kappa shape index (κ2) is 8.68. The van der Waals surface area contributed by atoms with E-state index in [1.807, 2.05) is 6.07 Å². The van der Waals surface area contributed by atoms with E-state index in [9.17, 15) is 0 Å². The van der Waals surface area contributed by atoms with Crippen molar-refractivity contribution in [2.24, 2.45) is 0 Å². The van der Waals surface area contributed by atoms with Crippen LogP contribution in [0.3, 0.4) is 0 Å².